The molecule has 0 radical (unpaired) electrons. The van der Waals surface area contributed by atoms with Gasteiger partial charge in [-0.1, -0.05) is 39.0 Å². The van der Waals surface area contributed by atoms with E-state index in [0.29, 0.717) is 18.9 Å². The van der Waals surface area contributed by atoms with Crippen LogP contribution in [-0.2, 0) is 10.0 Å². The number of hydrogen-bond donors (Lipinski definition) is 2. The molecule has 1 unspecified atom stereocenters. The predicted molar refractivity (Wildman–Crippen MR) is 88.2 cm³/mol. The van der Waals surface area contributed by atoms with E-state index >= 15 is 0 Å². The maximum atomic E-state index is 12.0. The first-order valence-corrected chi connectivity index (χ1v) is 9.22. The molecular weight excluding hydrogens is 284 g/mol. The Labute approximate surface area is 128 Å². The van der Waals surface area contributed by atoms with Crippen molar-refractivity contribution >= 4 is 15.7 Å². The normalized spacial score (nSPS) is 18.3. The summed E-state index contributed by atoms with van der Waals surface area (Å²) in [5, 5.41) is 3.37. The monoisotopic (exact) mass is 310 g/mol. The number of rotatable bonds is 6. The topological polar surface area (TPSA) is 58.2 Å². The van der Waals surface area contributed by atoms with E-state index in [9.17, 15) is 8.42 Å². The third-order valence-electron chi connectivity index (χ3n) is 3.88. The molecule has 0 saturated carbocycles. The standard InChI is InChI=1S/C16H26N2O2S/c1-16(2,3)9-11-21(19,20)18-10-8-13-12-17-15-7-5-4-6-14(13)15/h4-7,13,17-18H,8-12H2,1-3H3. The van der Waals surface area contributed by atoms with Gasteiger partial charge in [-0.3, -0.25) is 0 Å². The third kappa shape index (κ3) is 5.00. The summed E-state index contributed by atoms with van der Waals surface area (Å²) in [6.07, 6.45) is 1.51. The van der Waals surface area contributed by atoms with Gasteiger partial charge in [-0.05, 0) is 29.9 Å². The molecule has 1 aromatic rings. The zero-order valence-electron chi connectivity index (χ0n) is 13.1. The molecule has 118 valence electrons. The quantitative estimate of drug-likeness (QED) is 0.849. The van der Waals surface area contributed by atoms with Gasteiger partial charge in [-0.25, -0.2) is 13.1 Å². The number of para-hydroxylation sites is 1. The molecule has 2 N–H and O–H groups in total. The Morgan fingerprint density at radius 1 is 1.29 bits per heavy atom. The van der Waals surface area contributed by atoms with Crippen molar-refractivity contribution in [3.63, 3.8) is 0 Å². The Hall–Kier alpha value is -1.07. The summed E-state index contributed by atoms with van der Waals surface area (Å²) in [4.78, 5) is 0. The average Bonchev–Trinajstić information content (AvgIpc) is 2.80. The van der Waals surface area contributed by atoms with Crippen LogP contribution >= 0.6 is 0 Å². The van der Waals surface area contributed by atoms with Crippen LogP contribution in [-0.4, -0.2) is 27.3 Å². The molecule has 0 bridgehead atoms. The second-order valence-corrected chi connectivity index (χ2v) is 8.90. The van der Waals surface area contributed by atoms with Crippen molar-refractivity contribution in [2.75, 3.05) is 24.2 Å². The van der Waals surface area contributed by atoms with Crippen LogP contribution in [0.25, 0.3) is 0 Å². The Kier molecular flexibility index (Phi) is 4.94. The molecule has 0 aliphatic carbocycles. The average molecular weight is 310 g/mol. The number of sulfonamides is 1. The third-order valence-corrected chi connectivity index (χ3v) is 5.26. The number of hydrogen-bond acceptors (Lipinski definition) is 3. The molecule has 2 rings (SSSR count). The summed E-state index contributed by atoms with van der Waals surface area (Å²) >= 11 is 0. The summed E-state index contributed by atoms with van der Waals surface area (Å²) in [6, 6.07) is 8.24. The fraction of sp³-hybridized carbons (Fsp3) is 0.625. The van der Waals surface area contributed by atoms with Crippen molar-refractivity contribution in [3.8, 4) is 0 Å². The van der Waals surface area contributed by atoms with Crippen molar-refractivity contribution in [2.45, 2.75) is 39.5 Å². The van der Waals surface area contributed by atoms with Crippen molar-refractivity contribution in [1.82, 2.24) is 4.72 Å². The summed E-state index contributed by atoms with van der Waals surface area (Å²) in [5.41, 5.74) is 2.52. The molecule has 5 heteroatoms. The second-order valence-electron chi connectivity index (χ2n) is 6.98. The van der Waals surface area contributed by atoms with Gasteiger partial charge >= 0.3 is 0 Å². The van der Waals surface area contributed by atoms with E-state index in [1.807, 2.05) is 12.1 Å². The van der Waals surface area contributed by atoms with Crippen LogP contribution in [0.2, 0.25) is 0 Å². The smallest absolute Gasteiger partial charge is 0.211 e. The Morgan fingerprint density at radius 3 is 2.71 bits per heavy atom. The van der Waals surface area contributed by atoms with Gasteiger partial charge in [0.25, 0.3) is 0 Å². The van der Waals surface area contributed by atoms with Gasteiger partial charge in [-0.15, -0.1) is 0 Å². The van der Waals surface area contributed by atoms with Crippen LogP contribution in [0.1, 0.15) is 45.1 Å². The van der Waals surface area contributed by atoms with Gasteiger partial charge in [0, 0.05) is 24.7 Å². The molecular formula is C16H26N2O2S. The van der Waals surface area contributed by atoms with E-state index in [2.05, 4.69) is 42.9 Å². The number of anilines is 1. The minimum absolute atomic E-state index is 0.0447. The minimum Gasteiger partial charge on any atom is -0.384 e. The zero-order valence-corrected chi connectivity index (χ0v) is 14.0. The van der Waals surface area contributed by atoms with Crippen LogP contribution in [0.3, 0.4) is 0 Å². The highest BCUT2D eigenvalue weighted by Gasteiger charge is 2.22. The van der Waals surface area contributed by atoms with Crippen LogP contribution in [0.4, 0.5) is 5.69 Å². The first-order chi connectivity index (χ1) is 9.77. The van der Waals surface area contributed by atoms with Gasteiger partial charge in [-0.2, -0.15) is 0 Å². The highest BCUT2D eigenvalue weighted by Crippen LogP contribution is 2.32. The Morgan fingerprint density at radius 2 is 2.00 bits per heavy atom. The van der Waals surface area contributed by atoms with Gasteiger partial charge in [0.15, 0.2) is 0 Å². The van der Waals surface area contributed by atoms with E-state index in [0.717, 1.165) is 13.0 Å². The molecule has 1 atom stereocenters. The molecule has 0 fully saturated rings. The fourth-order valence-electron chi connectivity index (χ4n) is 2.52. The predicted octanol–water partition coefficient (Wildman–Crippen LogP) is 2.94. The molecule has 1 aromatic carbocycles. The number of nitrogens with one attached hydrogen (secondary N) is 2. The SMILES string of the molecule is CC(C)(C)CCS(=O)(=O)NCCC1CNc2ccccc21. The van der Waals surface area contributed by atoms with Gasteiger partial charge in [0.1, 0.15) is 0 Å². The van der Waals surface area contributed by atoms with E-state index in [4.69, 9.17) is 0 Å². The van der Waals surface area contributed by atoms with Crippen molar-refractivity contribution in [1.29, 1.82) is 0 Å². The van der Waals surface area contributed by atoms with Crippen molar-refractivity contribution < 1.29 is 8.42 Å². The van der Waals surface area contributed by atoms with Crippen LogP contribution in [0.15, 0.2) is 24.3 Å². The molecule has 4 nitrogen and oxygen atoms in total. The number of fused-ring (bicyclic) bond motifs is 1. The molecule has 0 amide bonds. The lowest BCUT2D eigenvalue weighted by atomic mass is 9.94. The van der Waals surface area contributed by atoms with Crippen molar-refractivity contribution in [3.05, 3.63) is 29.8 Å². The van der Waals surface area contributed by atoms with E-state index in [1.165, 1.54) is 11.3 Å². The molecule has 0 aromatic heterocycles. The van der Waals surface area contributed by atoms with Crippen LogP contribution < -0.4 is 10.0 Å². The van der Waals surface area contributed by atoms with Crippen LogP contribution in [0.5, 0.6) is 0 Å². The summed E-state index contributed by atoms with van der Waals surface area (Å²) in [7, 11) is -3.15. The first kappa shape index (κ1) is 16.3. The highest BCUT2D eigenvalue weighted by molar-refractivity contribution is 7.89. The molecule has 0 saturated heterocycles. The summed E-state index contributed by atoms with van der Waals surface area (Å²) in [5.74, 6) is 0.599. The maximum Gasteiger partial charge on any atom is 0.211 e. The lowest BCUT2D eigenvalue weighted by Gasteiger charge is -2.18. The molecule has 1 heterocycles. The number of benzene rings is 1. The molecule has 1 aliphatic heterocycles. The van der Waals surface area contributed by atoms with Crippen LogP contribution in [0, 0.1) is 5.41 Å². The van der Waals surface area contributed by atoms with E-state index in [1.54, 1.807) is 0 Å². The fourth-order valence-corrected chi connectivity index (χ4v) is 3.97. The Bertz CT molecular complexity index is 576. The van der Waals surface area contributed by atoms with E-state index in [-0.39, 0.29) is 11.2 Å². The first-order valence-electron chi connectivity index (χ1n) is 7.57. The Balaban J connectivity index is 1.80. The highest BCUT2D eigenvalue weighted by atomic mass is 32.2. The zero-order chi connectivity index (χ0) is 15.5. The lowest BCUT2D eigenvalue weighted by molar-refractivity contribution is 0.396. The maximum absolute atomic E-state index is 12.0. The minimum atomic E-state index is -3.15. The molecule has 0 spiro atoms. The van der Waals surface area contributed by atoms with Gasteiger partial charge < -0.3 is 5.32 Å². The second kappa shape index (κ2) is 6.36. The lowest BCUT2D eigenvalue weighted by Crippen LogP contribution is -2.30. The largest absolute Gasteiger partial charge is 0.384 e. The molecule has 21 heavy (non-hydrogen) atoms. The summed E-state index contributed by atoms with van der Waals surface area (Å²) in [6.45, 7) is 7.58. The van der Waals surface area contributed by atoms with E-state index < -0.39 is 10.0 Å². The van der Waals surface area contributed by atoms with Crippen molar-refractivity contribution in [2.24, 2.45) is 5.41 Å². The molecule has 1 aliphatic rings. The van der Waals surface area contributed by atoms with Gasteiger partial charge in [0.2, 0.25) is 10.0 Å². The summed E-state index contributed by atoms with van der Waals surface area (Å²) < 4.78 is 26.7. The van der Waals surface area contributed by atoms with Gasteiger partial charge in [0.05, 0.1) is 5.75 Å².